The van der Waals surface area contributed by atoms with Crippen LogP contribution in [0.15, 0.2) is 0 Å². The molecule has 0 aromatic rings. The van der Waals surface area contributed by atoms with Crippen LogP contribution in [0.25, 0.3) is 0 Å². The Hall–Kier alpha value is 0.462. The standard InChI is InChI=1S/C7H13N.4O.Re/c1-3-7-4-2-6(1)5-8-7;;;;;/h6-8H,1-5H2;;;;;/q;4*-2;/p+1. The minimum absolute atomic E-state index is 0. The van der Waals surface area contributed by atoms with Gasteiger partial charge in [0.25, 0.3) is 0 Å². The van der Waals surface area contributed by atoms with E-state index in [1.807, 2.05) is 0 Å². The van der Waals surface area contributed by atoms with Crippen LogP contribution in [0.3, 0.4) is 0 Å². The summed E-state index contributed by atoms with van der Waals surface area (Å²) in [6.07, 6.45) is 6.07. The molecule has 0 aromatic heterocycles. The number of quaternary nitrogens is 1. The fourth-order valence-electron chi connectivity index (χ4n) is 2.04. The molecule has 13 heavy (non-hydrogen) atoms. The van der Waals surface area contributed by atoms with Crippen LogP contribution < -0.4 is 5.32 Å². The van der Waals surface area contributed by atoms with Crippen LogP contribution in [-0.2, 0) is 42.3 Å². The van der Waals surface area contributed by atoms with E-state index >= 15 is 0 Å². The normalized spacial score (nSPS) is 27.7. The van der Waals surface area contributed by atoms with Gasteiger partial charge >= 0.3 is 0 Å². The van der Waals surface area contributed by atoms with E-state index in [1.54, 1.807) is 0 Å². The fourth-order valence-corrected chi connectivity index (χ4v) is 2.04. The minimum Gasteiger partial charge on any atom is -2.00 e. The Bertz CT molecular complexity index is 75.5. The van der Waals surface area contributed by atoms with Crippen molar-refractivity contribution < 1.29 is 47.6 Å². The predicted molar refractivity (Wildman–Crippen MR) is 35.3 cm³/mol. The van der Waals surface area contributed by atoms with Gasteiger partial charge in [-0.1, -0.05) is 0 Å². The smallest absolute Gasteiger partial charge is 0.0859 e. The maximum atomic E-state index is 2.54. The quantitative estimate of drug-likeness (QED) is 0.603. The topological polar surface area (TPSA) is 131 Å². The van der Waals surface area contributed by atoms with E-state index in [4.69, 9.17) is 0 Å². The molecule has 0 atom stereocenters. The Labute approximate surface area is 92.2 Å². The molecule has 2 heterocycles. The summed E-state index contributed by atoms with van der Waals surface area (Å²) in [5.41, 5.74) is 0. The number of hydrogen-bond donors (Lipinski definition) is 1. The monoisotopic (exact) mass is 363 g/mol. The first-order valence-corrected chi connectivity index (χ1v) is 3.78. The molecule has 5 nitrogen and oxygen atoms in total. The van der Waals surface area contributed by atoms with E-state index in [2.05, 4.69) is 5.32 Å². The summed E-state index contributed by atoms with van der Waals surface area (Å²) in [5, 5.41) is 2.54. The first-order valence-electron chi connectivity index (χ1n) is 3.78. The summed E-state index contributed by atoms with van der Waals surface area (Å²) >= 11 is 0. The zero-order valence-electron chi connectivity index (χ0n) is 7.28. The molecule has 1 radical (unpaired) electrons. The van der Waals surface area contributed by atoms with Gasteiger partial charge in [-0.15, -0.1) is 0 Å². The maximum absolute atomic E-state index is 2.54. The zero-order chi connectivity index (χ0) is 5.40. The molecule has 0 aromatic carbocycles. The van der Waals surface area contributed by atoms with E-state index < -0.39 is 0 Å². The first-order chi connectivity index (χ1) is 3.95. The van der Waals surface area contributed by atoms with Crippen LogP contribution in [0.1, 0.15) is 25.7 Å². The Morgan fingerprint density at radius 3 is 1.31 bits per heavy atom. The second-order valence-electron chi connectivity index (χ2n) is 3.25. The summed E-state index contributed by atoms with van der Waals surface area (Å²) in [5.74, 6) is 1.10. The predicted octanol–water partition coefficient (Wildman–Crippen LogP) is -0.355. The van der Waals surface area contributed by atoms with Gasteiger partial charge in [0, 0.05) is 26.3 Å². The largest absolute Gasteiger partial charge is 2.00 e. The number of hydrogen-bond acceptors (Lipinski definition) is 0. The second-order valence-corrected chi connectivity index (χ2v) is 3.25. The van der Waals surface area contributed by atoms with Gasteiger partial charge in [0.1, 0.15) is 0 Å². The third-order valence-corrected chi connectivity index (χ3v) is 2.69. The van der Waals surface area contributed by atoms with Gasteiger partial charge in [0.2, 0.25) is 0 Å². The van der Waals surface area contributed by atoms with Crippen LogP contribution in [0.5, 0.6) is 0 Å². The molecule has 1 saturated carbocycles. The molecule has 2 N–H and O–H groups in total. The molecular formula is C7H14NO4Re-7. The summed E-state index contributed by atoms with van der Waals surface area (Å²) < 4.78 is 0. The summed E-state index contributed by atoms with van der Waals surface area (Å²) in [4.78, 5) is 0. The Balaban J connectivity index is -0.0000000810. The van der Waals surface area contributed by atoms with Crippen molar-refractivity contribution in [1.29, 1.82) is 0 Å². The number of rotatable bonds is 0. The number of nitrogens with two attached hydrogens (primary N) is 1. The molecule has 2 aliphatic heterocycles. The number of fused-ring (bicyclic) bond motifs is 3. The van der Waals surface area contributed by atoms with E-state index in [9.17, 15) is 0 Å². The molecular weight excluding hydrogens is 348 g/mol. The van der Waals surface area contributed by atoms with E-state index in [1.165, 1.54) is 32.2 Å². The third-order valence-electron chi connectivity index (χ3n) is 2.69. The van der Waals surface area contributed by atoms with Gasteiger partial charge in [-0.25, -0.2) is 0 Å². The van der Waals surface area contributed by atoms with Gasteiger partial charge in [0.05, 0.1) is 12.6 Å². The van der Waals surface area contributed by atoms with Crippen LogP contribution >= 0.6 is 0 Å². The number of piperidine rings is 2. The van der Waals surface area contributed by atoms with Gasteiger partial charge in [-0.2, -0.15) is 0 Å². The molecule has 85 valence electrons. The fraction of sp³-hybridized carbons (Fsp3) is 1.00. The SMILES string of the molecule is C1CC2CCC1C[NH2+]2.[O-2].[O-2].[O-2].[O-2].[Re]. The van der Waals surface area contributed by atoms with Gasteiger partial charge in [-0.05, 0) is 25.7 Å². The Kier molecular flexibility index (Phi) is 18.9. The summed E-state index contributed by atoms with van der Waals surface area (Å²) in [6.45, 7) is 1.44. The molecule has 2 bridgehead atoms. The Morgan fingerprint density at radius 2 is 1.23 bits per heavy atom. The third kappa shape index (κ3) is 5.71. The summed E-state index contributed by atoms with van der Waals surface area (Å²) in [6, 6.07) is 1.03. The van der Waals surface area contributed by atoms with Crippen molar-refractivity contribution in [2.75, 3.05) is 6.54 Å². The van der Waals surface area contributed by atoms with E-state index in [0.717, 1.165) is 12.0 Å². The molecule has 6 heteroatoms. The van der Waals surface area contributed by atoms with Gasteiger partial charge < -0.3 is 27.2 Å². The average Bonchev–Trinajstić information content (AvgIpc) is 1.92. The molecule has 3 fully saturated rings. The Morgan fingerprint density at radius 1 is 0.769 bits per heavy atom. The van der Waals surface area contributed by atoms with Crippen molar-refractivity contribution in [3.05, 3.63) is 0 Å². The summed E-state index contributed by atoms with van der Waals surface area (Å²) in [7, 11) is 0. The van der Waals surface area contributed by atoms with Crippen LogP contribution in [-0.4, -0.2) is 12.6 Å². The van der Waals surface area contributed by atoms with Crippen molar-refractivity contribution in [2.24, 2.45) is 5.92 Å². The second kappa shape index (κ2) is 10.5. The van der Waals surface area contributed by atoms with Crippen LogP contribution in [0.4, 0.5) is 0 Å². The van der Waals surface area contributed by atoms with Crippen LogP contribution in [0.2, 0.25) is 0 Å². The molecule has 3 rings (SSSR count). The van der Waals surface area contributed by atoms with Crippen molar-refractivity contribution in [3.8, 4) is 0 Å². The van der Waals surface area contributed by atoms with Crippen LogP contribution in [0, 0.1) is 5.92 Å². The minimum atomic E-state index is 0. The molecule has 1 aliphatic carbocycles. The van der Waals surface area contributed by atoms with Crippen molar-refractivity contribution in [1.82, 2.24) is 0 Å². The van der Waals surface area contributed by atoms with Crippen molar-refractivity contribution >= 4 is 0 Å². The average molecular weight is 362 g/mol. The van der Waals surface area contributed by atoms with Gasteiger partial charge in [0.15, 0.2) is 0 Å². The van der Waals surface area contributed by atoms with Crippen molar-refractivity contribution in [2.45, 2.75) is 31.7 Å². The van der Waals surface area contributed by atoms with Gasteiger partial charge in [-0.3, -0.25) is 0 Å². The zero-order valence-corrected chi connectivity index (χ0v) is 9.99. The maximum Gasteiger partial charge on any atom is 0.0859 e. The molecule has 0 amide bonds. The molecule has 0 unspecified atom stereocenters. The molecule has 2 saturated heterocycles. The first kappa shape index (κ1) is 23.4. The van der Waals surface area contributed by atoms with Crippen molar-refractivity contribution in [3.63, 3.8) is 0 Å². The van der Waals surface area contributed by atoms with E-state index in [0.29, 0.717) is 0 Å². The van der Waals surface area contributed by atoms with E-state index in [-0.39, 0.29) is 42.3 Å². The molecule has 0 spiro atoms. The molecule has 3 aliphatic rings.